The van der Waals surface area contributed by atoms with E-state index in [-0.39, 0.29) is 11.1 Å². The van der Waals surface area contributed by atoms with E-state index in [1.165, 1.54) is 42.9 Å². The van der Waals surface area contributed by atoms with Crippen LogP contribution in [0.1, 0.15) is 66.0 Å². The molecule has 0 amide bonds. The lowest BCUT2D eigenvalue weighted by molar-refractivity contribution is -0.140. The standard InChI is InChI=1S/C33H29F5/c1-2-3-4-5-6-23-7-9-24(10-8-23)11-12-25-14-19-29-28(21-25)18-17-27(32(29)35)16-13-26-15-20-30(31(34)22-26)33(36,37)38/h7-10,14-15,17-22H,2-6,11-12H2,1H3. The lowest BCUT2D eigenvalue weighted by atomic mass is 9.98. The fourth-order valence-corrected chi connectivity index (χ4v) is 4.47. The van der Waals surface area contributed by atoms with Gasteiger partial charge in [0.2, 0.25) is 0 Å². The minimum Gasteiger partial charge on any atom is -0.206 e. The Morgan fingerprint density at radius 3 is 2.03 bits per heavy atom. The predicted molar refractivity (Wildman–Crippen MR) is 143 cm³/mol. The van der Waals surface area contributed by atoms with Gasteiger partial charge in [0, 0.05) is 10.9 Å². The number of hydrogen-bond donors (Lipinski definition) is 0. The molecule has 0 unspecified atom stereocenters. The van der Waals surface area contributed by atoms with Gasteiger partial charge in [0.05, 0.1) is 11.1 Å². The van der Waals surface area contributed by atoms with E-state index in [0.717, 1.165) is 36.3 Å². The molecule has 4 rings (SSSR count). The van der Waals surface area contributed by atoms with Gasteiger partial charge >= 0.3 is 6.18 Å². The van der Waals surface area contributed by atoms with E-state index < -0.39 is 23.4 Å². The highest BCUT2D eigenvalue weighted by Crippen LogP contribution is 2.31. The first-order valence-corrected chi connectivity index (χ1v) is 12.9. The maximum absolute atomic E-state index is 15.1. The van der Waals surface area contributed by atoms with Gasteiger partial charge < -0.3 is 0 Å². The summed E-state index contributed by atoms with van der Waals surface area (Å²) in [6.07, 6.45) is 3.07. The van der Waals surface area contributed by atoms with E-state index in [9.17, 15) is 17.6 Å². The summed E-state index contributed by atoms with van der Waals surface area (Å²) in [5.74, 6) is 3.26. The van der Waals surface area contributed by atoms with Crippen LogP contribution in [0.3, 0.4) is 0 Å². The van der Waals surface area contributed by atoms with Crippen LogP contribution in [0.15, 0.2) is 72.8 Å². The van der Waals surface area contributed by atoms with Gasteiger partial charge in [-0.05, 0) is 72.0 Å². The van der Waals surface area contributed by atoms with E-state index in [1.54, 1.807) is 12.1 Å². The number of hydrogen-bond acceptors (Lipinski definition) is 0. The van der Waals surface area contributed by atoms with Crippen molar-refractivity contribution in [2.75, 3.05) is 0 Å². The lowest BCUT2D eigenvalue weighted by Crippen LogP contribution is -2.07. The Hall–Kier alpha value is -3.65. The number of fused-ring (bicyclic) bond motifs is 1. The number of benzene rings is 4. The van der Waals surface area contributed by atoms with E-state index >= 15 is 4.39 Å². The minimum absolute atomic E-state index is 0.0369. The molecule has 0 saturated heterocycles. The molecule has 0 nitrogen and oxygen atoms in total. The normalized spacial score (nSPS) is 11.4. The lowest BCUT2D eigenvalue weighted by Gasteiger charge is -2.08. The van der Waals surface area contributed by atoms with Gasteiger partial charge in [-0.3, -0.25) is 0 Å². The monoisotopic (exact) mass is 520 g/mol. The van der Waals surface area contributed by atoms with Crippen molar-refractivity contribution in [3.63, 3.8) is 0 Å². The molecule has 0 spiro atoms. The molecule has 4 aromatic carbocycles. The van der Waals surface area contributed by atoms with Crippen LogP contribution in [0.5, 0.6) is 0 Å². The zero-order valence-corrected chi connectivity index (χ0v) is 21.3. The van der Waals surface area contributed by atoms with E-state index in [2.05, 4.69) is 43.0 Å². The second-order valence-corrected chi connectivity index (χ2v) is 9.55. The molecule has 38 heavy (non-hydrogen) atoms. The second-order valence-electron chi connectivity index (χ2n) is 9.55. The van der Waals surface area contributed by atoms with Crippen molar-refractivity contribution >= 4 is 10.8 Å². The average Bonchev–Trinajstić information content (AvgIpc) is 2.89. The zero-order valence-electron chi connectivity index (χ0n) is 21.3. The second kappa shape index (κ2) is 12.3. The Morgan fingerprint density at radius 1 is 0.658 bits per heavy atom. The van der Waals surface area contributed by atoms with Crippen LogP contribution < -0.4 is 0 Å². The highest BCUT2D eigenvalue weighted by molar-refractivity contribution is 5.85. The molecule has 0 aliphatic heterocycles. The molecule has 4 aromatic rings. The van der Waals surface area contributed by atoms with Crippen LogP contribution in [0.4, 0.5) is 22.0 Å². The van der Waals surface area contributed by atoms with Crippen LogP contribution in [0, 0.1) is 23.5 Å². The maximum Gasteiger partial charge on any atom is 0.419 e. The summed E-state index contributed by atoms with van der Waals surface area (Å²) in [5.41, 5.74) is 2.51. The molecule has 0 N–H and O–H groups in total. The quantitative estimate of drug-likeness (QED) is 0.123. The fraction of sp³-hybridized carbons (Fsp3) is 0.273. The number of unbranched alkanes of at least 4 members (excludes halogenated alkanes) is 3. The Balaban J connectivity index is 1.42. The smallest absolute Gasteiger partial charge is 0.206 e. The van der Waals surface area contributed by atoms with Gasteiger partial charge in [0.1, 0.15) is 11.6 Å². The van der Waals surface area contributed by atoms with Crippen molar-refractivity contribution in [2.24, 2.45) is 0 Å². The largest absolute Gasteiger partial charge is 0.419 e. The molecular formula is C33H29F5. The van der Waals surface area contributed by atoms with Gasteiger partial charge in [-0.2, -0.15) is 13.2 Å². The third-order valence-corrected chi connectivity index (χ3v) is 6.68. The molecule has 5 heteroatoms. The van der Waals surface area contributed by atoms with Crippen molar-refractivity contribution < 1.29 is 22.0 Å². The summed E-state index contributed by atoms with van der Waals surface area (Å²) >= 11 is 0. The minimum atomic E-state index is -4.78. The Kier molecular flexibility index (Phi) is 8.84. The van der Waals surface area contributed by atoms with Gasteiger partial charge in [-0.25, -0.2) is 8.78 Å². The fourth-order valence-electron chi connectivity index (χ4n) is 4.47. The van der Waals surface area contributed by atoms with Crippen molar-refractivity contribution in [2.45, 2.75) is 58.0 Å². The third kappa shape index (κ3) is 7.01. The number of halogens is 5. The highest BCUT2D eigenvalue weighted by atomic mass is 19.4. The predicted octanol–water partition coefficient (Wildman–Crippen LogP) is 9.44. The first-order valence-electron chi connectivity index (χ1n) is 12.9. The first-order chi connectivity index (χ1) is 18.2. The van der Waals surface area contributed by atoms with Crippen molar-refractivity contribution in [1.29, 1.82) is 0 Å². The van der Waals surface area contributed by atoms with Gasteiger partial charge in [0.25, 0.3) is 0 Å². The molecule has 0 radical (unpaired) electrons. The van der Waals surface area contributed by atoms with E-state index in [1.807, 2.05) is 12.1 Å². The molecule has 0 saturated carbocycles. The third-order valence-electron chi connectivity index (χ3n) is 6.68. The number of aryl methyl sites for hydroxylation is 3. The molecule has 0 bridgehead atoms. The molecular weight excluding hydrogens is 491 g/mol. The van der Waals surface area contributed by atoms with Crippen molar-refractivity contribution in [1.82, 2.24) is 0 Å². The number of rotatable bonds is 8. The number of alkyl halides is 3. The highest BCUT2D eigenvalue weighted by Gasteiger charge is 2.33. The first kappa shape index (κ1) is 27.4. The molecule has 0 atom stereocenters. The Morgan fingerprint density at radius 2 is 1.34 bits per heavy atom. The maximum atomic E-state index is 15.1. The summed E-state index contributed by atoms with van der Waals surface area (Å²) in [5, 5.41) is 1.15. The van der Waals surface area contributed by atoms with Gasteiger partial charge in [-0.1, -0.05) is 86.6 Å². The Labute approximate surface area is 220 Å². The topological polar surface area (TPSA) is 0 Å². The molecule has 0 aliphatic rings. The van der Waals surface area contributed by atoms with Crippen LogP contribution in [0.25, 0.3) is 10.8 Å². The van der Waals surface area contributed by atoms with Crippen LogP contribution in [0.2, 0.25) is 0 Å². The average molecular weight is 521 g/mol. The van der Waals surface area contributed by atoms with Gasteiger partial charge in [0.15, 0.2) is 0 Å². The summed E-state index contributed by atoms with van der Waals surface area (Å²) in [7, 11) is 0. The molecule has 0 aromatic heterocycles. The van der Waals surface area contributed by atoms with Crippen molar-refractivity contribution in [3.05, 3.63) is 118 Å². The molecule has 0 aliphatic carbocycles. The summed E-state index contributed by atoms with van der Waals surface area (Å²) in [6.45, 7) is 2.22. The van der Waals surface area contributed by atoms with E-state index in [4.69, 9.17) is 0 Å². The van der Waals surface area contributed by atoms with Crippen LogP contribution in [-0.2, 0) is 25.4 Å². The SMILES string of the molecule is CCCCCCc1ccc(CCc2ccc3c(F)c(C#Cc4ccc(C(F)(F)F)c(F)c4)ccc3c2)cc1. The van der Waals surface area contributed by atoms with Gasteiger partial charge in [-0.15, -0.1) is 0 Å². The van der Waals surface area contributed by atoms with Crippen LogP contribution in [-0.4, -0.2) is 0 Å². The van der Waals surface area contributed by atoms with E-state index in [0.29, 0.717) is 17.5 Å². The van der Waals surface area contributed by atoms with Crippen molar-refractivity contribution in [3.8, 4) is 11.8 Å². The zero-order chi connectivity index (χ0) is 27.1. The summed E-state index contributed by atoms with van der Waals surface area (Å²) in [6, 6.07) is 20.1. The Bertz CT molecular complexity index is 1450. The molecule has 196 valence electrons. The molecule has 0 fully saturated rings. The van der Waals surface area contributed by atoms with Crippen LogP contribution >= 0.6 is 0 Å². The summed E-state index contributed by atoms with van der Waals surface area (Å²) < 4.78 is 67.1. The summed E-state index contributed by atoms with van der Waals surface area (Å²) in [4.78, 5) is 0. The molecule has 0 heterocycles.